The fourth-order valence-corrected chi connectivity index (χ4v) is 1.96. The van der Waals surface area contributed by atoms with Gasteiger partial charge in [-0.25, -0.2) is 5.84 Å². The van der Waals surface area contributed by atoms with Gasteiger partial charge < -0.3 is 5.73 Å². The number of nitrogens with two attached hydrogens (primary N) is 2. The molecule has 3 nitrogen and oxygen atoms in total. The molecule has 0 aliphatic carbocycles. The molecule has 0 saturated heterocycles. The van der Waals surface area contributed by atoms with E-state index in [0.717, 1.165) is 16.9 Å². The average Bonchev–Trinajstić information content (AvgIpc) is 2.46. The van der Waals surface area contributed by atoms with E-state index < -0.39 is 0 Å². The predicted molar refractivity (Wildman–Crippen MR) is 81.2 cm³/mol. The number of benzene rings is 2. The van der Waals surface area contributed by atoms with Crippen LogP contribution in [0.15, 0.2) is 48.5 Å². The fraction of sp³-hybridized carbons (Fsp3) is 0.250. The molecule has 0 heterocycles. The summed E-state index contributed by atoms with van der Waals surface area (Å²) in [5.41, 5.74) is 9.94. The second-order valence-electron chi connectivity index (χ2n) is 4.99. The molecule has 19 heavy (non-hydrogen) atoms. The van der Waals surface area contributed by atoms with E-state index in [9.17, 15) is 0 Å². The Bertz CT molecular complexity index is 515. The van der Waals surface area contributed by atoms with E-state index in [0.29, 0.717) is 12.5 Å². The summed E-state index contributed by atoms with van der Waals surface area (Å²) in [6.45, 7) is 4.91. The van der Waals surface area contributed by atoms with Crippen molar-refractivity contribution in [3.63, 3.8) is 0 Å². The molecule has 0 amide bonds. The van der Waals surface area contributed by atoms with Gasteiger partial charge in [0.2, 0.25) is 0 Å². The summed E-state index contributed by atoms with van der Waals surface area (Å²) in [5, 5.41) is 1.68. The van der Waals surface area contributed by atoms with Gasteiger partial charge in [-0.2, -0.15) is 0 Å². The van der Waals surface area contributed by atoms with Crippen LogP contribution in [0.5, 0.6) is 0 Å². The first kappa shape index (κ1) is 13.6. The zero-order chi connectivity index (χ0) is 13.8. The smallest absolute Gasteiger partial charge is 0.0575 e. The molecule has 0 radical (unpaired) electrons. The molecule has 0 aromatic heterocycles. The Hall–Kier alpha value is -1.84. The van der Waals surface area contributed by atoms with Gasteiger partial charge in [0.25, 0.3) is 0 Å². The summed E-state index contributed by atoms with van der Waals surface area (Å²) in [6, 6.07) is 16.3. The monoisotopic (exact) mass is 255 g/mol. The topological polar surface area (TPSA) is 55.3 Å². The van der Waals surface area contributed by atoms with E-state index in [2.05, 4.69) is 26.0 Å². The predicted octanol–water partition coefficient (Wildman–Crippen LogP) is 3.28. The number of rotatable bonds is 4. The van der Waals surface area contributed by atoms with Crippen LogP contribution in [0, 0.1) is 0 Å². The van der Waals surface area contributed by atoms with Crippen LogP contribution in [0.3, 0.4) is 0 Å². The van der Waals surface area contributed by atoms with Crippen molar-refractivity contribution in [2.75, 3.05) is 5.01 Å². The summed E-state index contributed by atoms with van der Waals surface area (Å²) in [4.78, 5) is 0. The van der Waals surface area contributed by atoms with E-state index in [1.54, 1.807) is 5.01 Å². The second-order valence-corrected chi connectivity index (χ2v) is 4.99. The van der Waals surface area contributed by atoms with Crippen molar-refractivity contribution in [3.05, 3.63) is 59.7 Å². The van der Waals surface area contributed by atoms with Crippen LogP contribution in [0.4, 0.5) is 11.4 Å². The number of nitrogens with zero attached hydrogens (tertiary/aromatic N) is 1. The van der Waals surface area contributed by atoms with Crippen molar-refractivity contribution in [1.82, 2.24) is 0 Å². The Balaban J connectivity index is 2.20. The first-order valence-corrected chi connectivity index (χ1v) is 6.55. The molecule has 0 bridgehead atoms. The first-order chi connectivity index (χ1) is 9.11. The van der Waals surface area contributed by atoms with Crippen molar-refractivity contribution in [2.45, 2.75) is 26.3 Å². The Morgan fingerprint density at radius 1 is 0.895 bits per heavy atom. The van der Waals surface area contributed by atoms with E-state index in [1.807, 2.05) is 36.4 Å². The summed E-state index contributed by atoms with van der Waals surface area (Å²) >= 11 is 0. The third-order valence-corrected chi connectivity index (χ3v) is 3.29. The standard InChI is InChI=1S/C16H21N3/c1-12(2)14-5-9-16(10-6-14)19(18)15-7-3-13(11-17)4-8-15/h3-10,12H,11,17-18H2,1-2H3. The lowest BCUT2D eigenvalue weighted by Gasteiger charge is -2.19. The first-order valence-electron chi connectivity index (χ1n) is 6.55. The summed E-state index contributed by atoms with van der Waals surface area (Å²) in [7, 11) is 0. The van der Waals surface area contributed by atoms with Gasteiger partial charge in [-0.3, -0.25) is 5.01 Å². The normalized spacial score (nSPS) is 10.8. The number of hydrogen-bond acceptors (Lipinski definition) is 3. The molecular formula is C16H21N3. The SMILES string of the molecule is CC(C)c1ccc(N(N)c2ccc(CN)cc2)cc1. The van der Waals surface area contributed by atoms with Crippen LogP contribution < -0.4 is 16.6 Å². The van der Waals surface area contributed by atoms with Gasteiger partial charge in [-0.05, 0) is 41.3 Å². The number of anilines is 2. The van der Waals surface area contributed by atoms with Crippen LogP contribution in [0.2, 0.25) is 0 Å². The van der Waals surface area contributed by atoms with Gasteiger partial charge in [0.05, 0.1) is 11.4 Å². The summed E-state index contributed by atoms with van der Waals surface area (Å²) < 4.78 is 0. The third kappa shape index (κ3) is 3.13. The van der Waals surface area contributed by atoms with Crippen molar-refractivity contribution in [3.8, 4) is 0 Å². The Labute approximate surface area is 114 Å². The van der Waals surface area contributed by atoms with Crippen molar-refractivity contribution >= 4 is 11.4 Å². The largest absolute Gasteiger partial charge is 0.326 e. The Morgan fingerprint density at radius 3 is 1.79 bits per heavy atom. The molecule has 4 N–H and O–H groups in total. The highest BCUT2D eigenvalue weighted by Gasteiger charge is 2.05. The molecule has 0 atom stereocenters. The molecule has 0 aliphatic heterocycles. The lowest BCUT2D eigenvalue weighted by Crippen LogP contribution is -2.24. The van der Waals surface area contributed by atoms with Crippen molar-refractivity contribution < 1.29 is 0 Å². The van der Waals surface area contributed by atoms with E-state index in [1.165, 1.54) is 5.56 Å². The molecule has 0 fully saturated rings. The van der Waals surface area contributed by atoms with Gasteiger partial charge in [-0.1, -0.05) is 38.1 Å². The lowest BCUT2D eigenvalue weighted by atomic mass is 10.0. The lowest BCUT2D eigenvalue weighted by molar-refractivity contribution is 0.866. The number of hydrogen-bond donors (Lipinski definition) is 2. The Kier molecular flexibility index (Phi) is 4.20. The average molecular weight is 255 g/mol. The zero-order valence-corrected chi connectivity index (χ0v) is 11.5. The molecule has 100 valence electrons. The molecule has 2 aromatic carbocycles. The number of hydrazine groups is 1. The van der Waals surface area contributed by atoms with Gasteiger partial charge in [0.15, 0.2) is 0 Å². The molecule has 3 heteroatoms. The highest BCUT2D eigenvalue weighted by atomic mass is 15.4. The zero-order valence-electron chi connectivity index (χ0n) is 11.5. The van der Waals surface area contributed by atoms with E-state index in [4.69, 9.17) is 11.6 Å². The van der Waals surface area contributed by atoms with Gasteiger partial charge in [-0.15, -0.1) is 0 Å². The van der Waals surface area contributed by atoms with Gasteiger partial charge in [0.1, 0.15) is 0 Å². The summed E-state index contributed by atoms with van der Waals surface area (Å²) in [5.74, 6) is 6.67. The maximum absolute atomic E-state index is 6.14. The van der Waals surface area contributed by atoms with Crippen LogP contribution in [-0.4, -0.2) is 0 Å². The van der Waals surface area contributed by atoms with Gasteiger partial charge >= 0.3 is 0 Å². The van der Waals surface area contributed by atoms with Crippen molar-refractivity contribution in [2.24, 2.45) is 11.6 Å². The molecule has 0 spiro atoms. The molecule has 0 saturated carbocycles. The minimum Gasteiger partial charge on any atom is -0.326 e. The highest BCUT2D eigenvalue weighted by Crippen LogP contribution is 2.24. The minimum atomic E-state index is 0.532. The van der Waals surface area contributed by atoms with Crippen LogP contribution in [-0.2, 0) is 6.54 Å². The van der Waals surface area contributed by atoms with Crippen molar-refractivity contribution in [1.29, 1.82) is 0 Å². The maximum atomic E-state index is 6.14. The minimum absolute atomic E-state index is 0.532. The Morgan fingerprint density at radius 2 is 1.37 bits per heavy atom. The molecule has 0 unspecified atom stereocenters. The highest BCUT2D eigenvalue weighted by molar-refractivity contribution is 5.62. The van der Waals surface area contributed by atoms with Crippen LogP contribution in [0.25, 0.3) is 0 Å². The van der Waals surface area contributed by atoms with Crippen LogP contribution in [0.1, 0.15) is 30.9 Å². The summed E-state index contributed by atoms with van der Waals surface area (Å²) in [6.07, 6.45) is 0. The van der Waals surface area contributed by atoms with Gasteiger partial charge in [0, 0.05) is 6.54 Å². The molecular weight excluding hydrogens is 234 g/mol. The quantitative estimate of drug-likeness (QED) is 0.651. The maximum Gasteiger partial charge on any atom is 0.0575 e. The molecule has 2 rings (SSSR count). The van der Waals surface area contributed by atoms with Crippen LogP contribution >= 0.6 is 0 Å². The molecule has 2 aromatic rings. The molecule has 0 aliphatic rings. The second kappa shape index (κ2) is 5.87. The third-order valence-electron chi connectivity index (χ3n) is 3.29. The van der Waals surface area contributed by atoms with E-state index in [-0.39, 0.29) is 0 Å². The fourth-order valence-electron chi connectivity index (χ4n) is 1.96. The van der Waals surface area contributed by atoms with E-state index >= 15 is 0 Å².